The van der Waals surface area contributed by atoms with E-state index < -0.39 is 0 Å². The molecule has 2 aromatic carbocycles. The summed E-state index contributed by atoms with van der Waals surface area (Å²) in [4.78, 5) is 8.64. The number of benzene rings is 2. The number of hydrogen-bond acceptors (Lipinski definition) is 4. The van der Waals surface area contributed by atoms with Crippen LogP contribution in [0.15, 0.2) is 67.0 Å². The Labute approximate surface area is 142 Å². The van der Waals surface area contributed by atoms with Crippen molar-refractivity contribution in [2.45, 2.75) is 6.54 Å². The minimum Gasteiger partial charge on any atom is -0.357 e. The van der Waals surface area contributed by atoms with Gasteiger partial charge in [-0.2, -0.15) is 0 Å². The molecule has 1 N–H and O–H groups in total. The second-order valence-electron chi connectivity index (χ2n) is 5.42. The Kier molecular flexibility index (Phi) is 3.92. The number of fused-ring (bicyclic) bond motifs is 1. The van der Waals surface area contributed by atoms with Crippen LogP contribution < -0.4 is 5.32 Å². The molecule has 2 heterocycles. The maximum Gasteiger partial charge on any atom is 0.184 e. The zero-order chi connectivity index (χ0) is 16.4. The third-order valence-corrected chi connectivity index (χ3v) is 4.71. The summed E-state index contributed by atoms with van der Waals surface area (Å²) >= 11 is 1.60. The van der Waals surface area contributed by atoms with Gasteiger partial charge in [0.15, 0.2) is 5.13 Å². The van der Waals surface area contributed by atoms with Gasteiger partial charge in [-0.25, -0.2) is 9.37 Å². The first-order chi connectivity index (χ1) is 11.8. The number of halogens is 1. The normalized spacial score (nSPS) is 10.9. The number of anilines is 1. The molecule has 4 aromatic rings. The van der Waals surface area contributed by atoms with Crippen molar-refractivity contribution in [2.24, 2.45) is 0 Å². The van der Waals surface area contributed by atoms with Crippen LogP contribution in [0.25, 0.3) is 21.3 Å². The largest absolute Gasteiger partial charge is 0.357 e. The molecular formula is C19H14FN3S. The molecule has 0 bridgehead atoms. The van der Waals surface area contributed by atoms with Gasteiger partial charge >= 0.3 is 0 Å². The van der Waals surface area contributed by atoms with E-state index >= 15 is 0 Å². The van der Waals surface area contributed by atoms with Crippen molar-refractivity contribution in [3.8, 4) is 11.1 Å². The molecule has 2 aromatic heterocycles. The molecule has 0 atom stereocenters. The topological polar surface area (TPSA) is 37.8 Å². The molecule has 0 unspecified atom stereocenters. The number of aromatic nitrogens is 2. The molecule has 5 heteroatoms. The maximum atomic E-state index is 13.2. The van der Waals surface area contributed by atoms with Crippen LogP contribution in [-0.4, -0.2) is 9.97 Å². The minimum atomic E-state index is -0.222. The van der Waals surface area contributed by atoms with Crippen molar-refractivity contribution in [1.82, 2.24) is 9.97 Å². The molecule has 0 spiro atoms. The first-order valence-electron chi connectivity index (χ1n) is 7.57. The number of nitrogens with one attached hydrogen (secondary N) is 1. The fourth-order valence-corrected chi connectivity index (χ4v) is 3.45. The molecule has 0 aliphatic carbocycles. The lowest BCUT2D eigenvalue weighted by molar-refractivity contribution is 0.626. The van der Waals surface area contributed by atoms with Gasteiger partial charge in [-0.3, -0.25) is 4.98 Å². The molecule has 0 fully saturated rings. The lowest BCUT2D eigenvalue weighted by atomic mass is 10.1. The molecule has 3 nitrogen and oxygen atoms in total. The summed E-state index contributed by atoms with van der Waals surface area (Å²) in [5, 5.41) is 4.10. The average molecular weight is 335 g/mol. The predicted molar refractivity (Wildman–Crippen MR) is 96.6 cm³/mol. The molecule has 0 aliphatic rings. The van der Waals surface area contributed by atoms with Crippen LogP contribution in [-0.2, 0) is 6.54 Å². The lowest BCUT2D eigenvalue weighted by Crippen LogP contribution is -1.98. The standard InChI is InChI=1S/C19H14FN3S/c20-16-3-1-2-13(10-16)12-22-19-23-17-5-4-15(11-18(17)24-19)14-6-8-21-9-7-14/h1-11H,12H2,(H,22,23). The molecule has 0 saturated carbocycles. The van der Waals surface area contributed by atoms with Gasteiger partial charge in [-0.05, 0) is 53.1 Å². The van der Waals surface area contributed by atoms with E-state index in [1.807, 2.05) is 24.3 Å². The smallest absolute Gasteiger partial charge is 0.184 e. The predicted octanol–water partition coefficient (Wildman–Crippen LogP) is 5.11. The van der Waals surface area contributed by atoms with Gasteiger partial charge in [-0.1, -0.05) is 29.5 Å². The van der Waals surface area contributed by atoms with Crippen molar-refractivity contribution in [3.05, 3.63) is 78.4 Å². The molecule has 0 aliphatic heterocycles. The van der Waals surface area contributed by atoms with E-state index in [1.54, 1.807) is 29.8 Å². The number of thiazole rings is 1. The van der Waals surface area contributed by atoms with E-state index in [-0.39, 0.29) is 5.82 Å². The second-order valence-corrected chi connectivity index (χ2v) is 6.45. The second kappa shape index (κ2) is 6.37. The van der Waals surface area contributed by atoms with E-state index in [2.05, 4.69) is 27.4 Å². The molecule has 0 radical (unpaired) electrons. The number of nitrogens with zero attached hydrogens (tertiary/aromatic N) is 2. The Balaban J connectivity index is 1.57. The third kappa shape index (κ3) is 3.12. The van der Waals surface area contributed by atoms with E-state index in [1.165, 1.54) is 12.1 Å². The van der Waals surface area contributed by atoms with E-state index in [0.717, 1.165) is 32.0 Å². The highest BCUT2D eigenvalue weighted by molar-refractivity contribution is 7.22. The quantitative estimate of drug-likeness (QED) is 0.563. The highest BCUT2D eigenvalue weighted by atomic mass is 32.1. The summed E-state index contributed by atoms with van der Waals surface area (Å²) in [5.41, 5.74) is 4.13. The van der Waals surface area contributed by atoms with Crippen LogP contribution in [0.3, 0.4) is 0 Å². The highest BCUT2D eigenvalue weighted by Gasteiger charge is 2.06. The van der Waals surface area contributed by atoms with Gasteiger partial charge in [0.25, 0.3) is 0 Å². The minimum absolute atomic E-state index is 0.222. The monoisotopic (exact) mass is 335 g/mol. The van der Waals surface area contributed by atoms with Gasteiger partial charge in [0.2, 0.25) is 0 Å². The van der Waals surface area contributed by atoms with E-state index in [0.29, 0.717) is 6.54 Å². The van der Waals surface area contributed by atoms with Crippen LogP contribution in [0.1, 0.15) is 5.56 Å². The van der Waals surface area contributed by atoms with Crippen LogP contribution >= 0.6 is 11.3 Å². The van der Waals surface area contributed by atoms with Crippen molar-refractivity contribution >= 4 is 26.7 Å². The SMILES string of the molecule is Fc1cccc(CNc2nc3ccc(-c4ccncc4)cc3s2)c1. The summed E-state index contributed by atoms with van der Waals surface area (Å²) in [5.74, 6) is -0.222. The Bertz CT molecular complexity index is 982. The first kappa shape index (κ1) is 14.8. The van der Waals surface area contributed by atoms with Gasteiger partial charge in [-0.15, -0.1) is 0 Å². The molecule has 4 rings (SSSR count). The number of pyridine rings is 1. The Morgan fingerprint density at radius 1 is 0.958 bits per heavy atom. The van der Waals surface area contributed by atoms with Gasteiger partial charge < -0.3 is 5.32 Å². The number of rotatable bonds is 4. The summed E-state index contributed by atoms with van der Waals surface area (Å²) in [6.45, 7) is 0.550. The Hall–Kier alpha value is -2.79. The first-order valence-corrected chi connectivity index (χ1v) is 8.39. The van der Waals surface area contributed by atoms with Crippen molar-refractivity contribution in [1.29, 1.82) is 0 Å². The number of hydrogen-bond donors (Lipinski definition) is 1. The summed E-state index contributed by atoms with van der Waals surface area (Å²) in [6, 6.07) is 16.8. The van der Waals surface area contributed by atoms with E-state index in [4.69, 9.17) is 0 Å². The molecule has 24 heavy (non-hydrogen) atoms. The Morgan fingerprint density at radius 2 is 1.83 bits per heavy atom. The van der Waals surface area contributed by atoms with Crippen LogP contribution in [0.2, 0.25) is 0 Å². The Morgan fingerprint density at radius 3 is 2.67 bits per heavy atom. The maximum absolute atomic E-state index is 13.2. The van der Waals surface area contributed by atoms with Crippen molar-refractivity contribution in [2.75, 3.05) is 5.32 Å². The zero-order valence-electron chi connectivity index (χ0n) is 12.7. The summed E-state index contributed by atoms with van der Waals surface area (Å²) in [7, 11) is 0. The fraction of sp³-hybridized carbons (Fsp3) is 0.0526. The van der Waals surface area contributed by atoms with Crippen molar-refractivity contribution < 1.29 is 4.39 Å². The average Bonchev–Trinajstić information content (AvgIpc) is 3.03. The highest BCUT2D eigenvalue weighted by Crippen LogP contribution is 2.30. The van der Waals surface area contributed by atoms with Gasteiger partial charge in [0.05, 0.1) is 10.2 Å². The molecule has 0 saturated heterocycles. The van der Waals surface area contributed by atoms with Gasteiger partial charge in [0, 0.05) is 18.9 Å². The van der Waals surface area contributed by atoms with E-state index in [9.17, 15) is 4.39 Å². The summed E-state index contributed by atoms with van der Waals surface area (Å²) < 4.78 is 14.3. The van der Waals surface area contributed by atoms with Crippen LogP contribution in [0.4, 0.5) is 9.52 Å². The van der Waals surface area contributed by atoms with Crippen LogP contribution in [0, 0.1) is 5.82 Å². The van der Waals surface area contributed by atoms with Crippen LogP contribution in [0.5, 0.6) is 0 Å². The lowest BCUT2D eigenvalue weighted by Gasteiger charge is -2.02. The zero-order valence-corrected chi connectivity index (χ0v) is 13.6. The molecule has 118 valence electrons. The summed E-state index contributed by atoms with van der Waals surface area (Å²) in [6.07, 6.45) is 3.58. The fourth-order valence-electron chi connectivity index (χ4n) is 2.55. The molecule has 0 amide bonds. The van der Waals surface area contributed by atoms with Crippen molar-refractivity contribution in [3.63, 3.8) is 0 Å². The van der Waals surface area contributed by atoms with Gasteiger partial charge in [0.1, 0.15) is 5.82 Å². The molecular weight excluding hydrogens is 321 g/mol. The third-order valence-electron chi connectivity index (χ3n) is 3.73.